The minimum absolute atomic E-state index is 0.00958. The predicted molar refractivity (Wildman–Crippen MR) is 86.0 cm³/mol. The summed E-state index contributed by atoms with van der Waals surface area (Å²) in [7, 11) is 1.97. The van der Waals surface area contributed by atoms with Gasteiger partial charge in [0.25, 0.3) is 0 Å². The first kappa shape index (κ1) is 18.6. The molecule has 0 spiro atoms. The van der Waals surface area contributed by atoms with E-state index in [1.807, 2.05) is 0 Å². The van der Waals surface area contributed by atoms with Crippen LogP contribution >= 0.6 is 0 Å². The zero-order valence-corrected chi connectivity index (χ0v) is 13.4. The molecule has 117 valence electrons. The third kappa shape index (κ3) is 6.54. The van der Waals surface area contributed by atoms with Crippen LogP contribution in [0.4, 0.5) is 0 Å². The molecule has 1 aliphatic heterocycles. The third-order valence-corrected chi connectivity index (χ3v) is 3.57. The van der Waals surface area contributed by atoms with Crippen LogP contribution in [-0.2, 0) is 19.2 Å². The number of amides is 1. The molecule has 1 aliphatic rings. The molecule has 1 amide bonds. The quantitative estimate of drug-likeness (QED) is 0.390. The summed E-state index contributed by atoms with van der Waals surface area (Å²) >= 11 is 0. The van der Waals surface area contributed by atoms with Crippen molar-refractivity contribution < 1.29 is 19.2 Å². The van der Waals surface area contributed by atoms with Gasteiger partial charge in [-0.2, -0.15) is 0 Å². The van der Waals surface area contributed by atoms with Gasteiger partial charge in [-0.05, 0) is 37.0 Å². The molecule has 1 fully saturated rings. The van der Waals surface area contributed by atoms with E-state index >= 15 is 0 Å². The van der Waals surface area contributed by atoms with Crippen molar-refractivity contribution in [2.45, 2.75) is 39.4 Å². The van der Waals surface area contributed by atoms with Crippen molar-refractivity contribution in [2.75, 3.05) is 13.1 Å². The Bertz CT molecular complexity index is 486. The van der Waals surface area contributed by atoms with Crippen molar-refractivity contribution in [3.05, 3.63) is 34.9 Å². The second-order valence-corrected chi connectivity index (χ2v) is 5.17. The molecule has 1 aromatic rings. The Kier molecular flexibility index (Phi) is 8.70. The summed E-state index contributed by atoms with van der Waals surface area (Å²) in [6, 6.07) is 6.60. The number of benzene rings is 1. The molecule has 0 bridgehead atoms. The second-order valence-electron chi connectivity index (χ2n) is 5.17. The summed E-state index contributed by atoms with van der Waals surface area (Å²) < 4.78 is 9.46. The zero-order chi connectivity index (χ0) is 16.4. The minimum atomic E-state index is -0.00958. The summed E-state index contributed by atoms with van der Waals surface area (Å²) in [6.07, 6.45) is 1.64. The number of carbonyl (C=O) groups is 1. The van der Waals surface area contributed by atoms with E-state index in [4.69, 9.17) is 0 Å². The van der Waals surface area contributed by atoms with Crippen LogP contribution in [0.15, 0.2) is 18.2 Å². The van der Waals surface area contributed by atoms with Crippen LogP contribution in [0.3, 0.4) is 0 Å². The average Bonchev–Trinajstić information content (AvgIpc) is 2.52. The molecule has 7 heteroatoms. The molecule has 5 nitrogen and oxygen atoms in total. The maximum atomic E-state index is 11.0. The molecule has 1 saturated heterocycles. The van der Waals surface area contributed by atoms with Gasteiger partial charge in [0.2, 0.25) is 5.91 Å². The molecule has 0 saturated carbocycles. The van der Waals surface area contributed by atoms with Crippen molar-refractivity contribution in [1.82, 2.24) is 5.32 Å². The van der Waals surface area contributed by atoms with Gasteiger partial charge in [-0.15, -0.1) is 0 Å². The first-order valence-electron chi connectivity index (χ1n) is 7.42. The van der Waals surface area contributed by atoms with Gasteiger partial charge < -0.3 is 5.32 Å². The van der Waals surface area contributed by atoms with E-state index in [0.29, 0.717) is 19.5 Å². The van der Waals surface area contributed by atoms with E-state index in [1.54, 1.807) is 6.82 Å². The standard InChI is InChI=1S/C13H17NO.C2H5B2O3/c1-9-3-4-11(7-10(9)2)12-5-6-13(15)14-8-12;1-3-7-6-2-4-5/h3-4,7,12H,5-6,8H2,1-2H3,(H,14,15);2H2,1H3/t12-;/m1./s1. The van der Waals surface area contributed by atoms with Gasteiger partial charge in [0.1, 0.15) is 0 Å². The predicted octanol–water partition coefficient (Wildman–Crippen LogP) is 1.91. The molecule has 1 N–H and O–H groups in total. The van der Waals surface area contributed by atoms with Crippen LogP contribution in [0.1, 0.15) is 35.4 Å². The van der Waals surface area contributed by atoms with Crippen molar-refractivity contribution in [2.24, 2.45) is 0 Å². The number of rotatable bonds is 5. The summed E-state index contributed by atoms with van der Waals surface area (Å²) in [6.45, 7) is 6.71. The van der Waals surface area contributed by atoms with Crippen LogP contribution in [0.25, 0.3) is 0 Å². The summed E-state index contributed by atoms with van der Waals surface area (Å²) in [4.78, 5) is 19.5. The Balaban J connectivity index is 0.000000295. The SMILES string of the molecule is C[B]OOCB=O.Cc1ccc([C@@H]2CCC(=O)NC2)cc1C. The molecule has 1 atom stereocenters. The first-order valence-corrected chi connectivity index (χ1v) is 7.42. The largest absolute Gasteiger partial charge is 0.355 e. The molecule has 0 unspecified atom stereocenters. The maximum absolute atomic E-state index is 11.0. The van der Waals surface area contributed by atoms with Crippen molar-refractivity contribution in [3.63, 3.8) is 0 Å². The average molecular weight is 302 g/mol. The normalized spacial score (nSPS) is 16.9. The summed E-state index contributed by atoms with van der Waals surface area (Å²) in [5.74, 6) is 0.692. The third-order valence-electron chi connectivity index (χ3n) is 3.57. The van der Waals surface area contributed by atoms with Crippen LogP contribution in [-0.4, -0.2) is 33.6 Å². The fourth-order valence-corrected chi connectivity index (χ4v) is 2.17. The molecule has 2 rings (SSSR count). The van der Waals surface area contributed by atoms with Gasteiger partial charge in [0.05, 0.1) is 0 Å². The van der Waals surface area contributed by atoms with Crippen LogP contribution < -0.4 is 5.32 Å². The van der Waals surface area contributed by atoms with Crippen molar-refractivity contribution in [3.8, 4) is 0 Å². The monoisotopic (exact) mass is 302 g/mol. The van der Waals surface area contributed by atoms with Gasteiger partial charge in [-0.1, -0.05) is 18.2 Å². The second kappa shape index (κ2) is 10.3. The van der Waals surface area contributed by atoms with E-state index in [2.05, 4.69) is 47.1 Å². The number of carbonyl (C=O) groups excluding carboxylic acids is 1. The smallest absolute Gasteiger partial charge is 0.220 e. The molecule has 0 aromatic heterocycles. The Morgan fingerprint density at radius 3 is 2.64 bits per heavy atom. The van der Waals surface area contributed by atoms with Crippen LogP contribution in [0.2, 0.25) is 6.82 Å². The summed E-state index contributed by atoms with van der Waals surface area (Å²) in [5, 5.41) is 2.93. The Hall–Kier alpha value is -1.46. The topological polar surface area (TPSA) is 64.6 Å². The zero-order valence-electron chi connectivity index (χ0n) is 13.4. The fourth-order valence-electron chi connectivity index (χ4n) is 2.17. The minimum Gasteiger partial charge on any atom is -0.355 e. The van der Waals surface area contributed by atoms with E-state index in [9.17, 15) is 9.50 Å². The van der Waals surface area contributed by atoms with Gasteiger partial charge >= 0.3 is 42.4 Å². The van der Waals surface area contributed by atoms with Crippen molar-refractivity contribution in [1.29, 1.82) is 0 Å². The Morgan fingerprint density at radius 1 is 1.32 bits per heavy atom. The van der Waals surface area contributed by atoms with Gasteiger partial charge in [-0.3, -0.25) is 4.79 Å². The number of aryl methyl sites for hydroxylation is 2. The van der Waals surface area contributed by atoms with Crippen molar-refractivity contribution >= 4 is 20.5 Å². The number of piperidine rings is 1. The number of nitrogens with one attached hydrogen (secondary N) is 1. The molecule has 1 aromatic carbocycles. The van der Waals surface area contributed by atoms with Crippen LogP contribution in [0, 0.1) is 13.8 Å². The molecular formula is C15H22B2NO4. The van der Waals surface area contributed by atoms with E-state index in [0.717, 1.165) is 13.0 Å². The van der Waals surface area contributed by atoms with Gasteiger partial charge in [0, 0.05) is 18.9 Å². The first-order chi connectivity index (χ1) is 10.6. The molecule has 1 radical (unpaired) electrons. The van der Waals surface area contributed by atoms with Gasteiger partial charge in [-0.25, -0.2) is 0 Å². The van der Waals surface area contributed by atoms with Gasteiger partial charge in [0.15, 0.2) is 0 Å². The summed E-state index contributed by atoms with van der Waals surface area (Å²) in [5.41, 5.74) is 4.03. The molecule has 0 aliphatic carbocycles. The van der Waals surface area contributed by atoms with Crippen LogP contribution in [0.5, 0.6) is 0 Å². The Morgan fingerprint density at radius 2 is 2.09 bits per heavy atom. The van der Waals surface area contributed by atoms with E-state index < -0.39 is 0 Å². The molecule has 22 heavy (non-hydrogen) atoms. The molecular weight excluding hydrogens is 280 g/mol. The maximum Gasteiger partial charge on any atom is 0.220 e. The fraction of sp³-hybridized carbons (Fsp3) is 0.533. The Labute approximate surface area is 133 Å². The molecule has 1 heterocycles. The van der Waals surface area contributed by atoms with E-state index in [-0.39, 0.29) is 12.4 Å². The number of hydrogen-bond donors (Lipinski definition) is 1. The number of hydrogen-bond acceptors (Lipinski definition) is 4. The van der Waals surface area contributed by atoms with E-state index in [1.165, 1.54) is 24.2 Å².